The van der Waals surface area contributed by atoms with Crippen LogP contribution in [0.5, 0.6) is 0 Å². The van der Waals surface area contributed by atoms with E-state index in [1.807, 2.05) is 0 Å². The molecule has 0 spiro atoms. The number of carbonyl (C=O) groups is 2. The van der Waals surface area contributed by atoms with Gasteiger partial charge in [-0.1, -0.05) is 11.6 Å². The van der Waals surface area contributed by atoms with E-state index in [2.05, 4.69) is 21.2 Å². The van der Waals surface area contributed by atoms with Gasteiger partial charge in [0.05, 0.1) is 16.6 Å². The Morgan fingerprint density at radius 3 is 2.85 bits per heavy atom. The number of aliphatic carboxylic acids is 1. The quantitative estimate of drug-likeness (QED) is 0.822. The average molecular weight is 384 g/mol. The highest BCUT2D eigenvalue weighted by Crippen LogP contribution is 2.32. The average Bonchev–Trinajstić information content (AvgIpc) is 2.82. The third-order valence-corrected chi connectivity index (χ3v) is 4.60. The van der Waals surface area contributed by atoms with Crippen LogP contribution in [0.25, 0.3) is 0 Å². The van der Waals surface area contributed by atoms with Crippen LogP contribution in [0.4, 0.5) is 14.9 Å². The van der Waals surface area contributed by atoms with Gasteiger partial charge < -0.3 is 15.3 Å². The van der Waals surface area contributed by atoms with E-state index in [-0.39, 0.29) is 21.1 Å². The van der Waals surface area contributed by atoms with Gasteiger partial charge >= 0.3 is 12.0 Å². The molecule has 1 aliphatic heterocycles. The Bertz CT molecular complexity index is 552. The number of anilines is 1. The van der Waals surface area contributed by atoms with Crippen molar-refractivity contribution in [2.75, 3.05) is 16.9 Å². The second-order valence-electron chi connectivity index (χ2n) is 4.00. The molecule has 0 aliphatic carbocycles. The Labute approximate surface area is 131 Å². The molecule has 1 aromatic carbocycles. The molecule has 0 bridgehead atoms. The van der Waals surface area contributed by atoms with E-state index in [1.54, 1.807) is 0 Å². The van der Waals surface area contributed by atoms with Gasteiger partial charge in [0.15, 0.2) is 0 Å². The number of carboxylic acid groups (broad SMARTS) is 1. The summed E-state index contributed by atoms with van der Waals surface area (Å²) in [6, 6.07) is 0.763. The zero-order valence-corrected chi connectivity index (χ0v) is 13.1. The van der Waals surface area contributed by atoms with Crippen LogP contribution in [-0.4, -0.2) is 39.7 Å². The number of carbonyl (C=O) groups excluding carboxylic acids is 1. The van der Waals surface area contributed by atoms with Crippen molar-refractivity contribution in [2.24, 2.45) is 0 Å². The van der Waals surface area contributed by atoms with Crippen LogP contribution < -0.4 is 5.32 Å². The van der Waals surface area contributed by atoms with E-state index in [1.165, 1.54) is 16.7 Å². The maximum Gasteiger partial charge on any atom is 0.327 e. The summed E-state index contributed by atoms with van der Waals surface area (Å²) in [5.74, 6) is -0.991. The number of nitrogens with zero attached hydrogens (tertiary/aromatic N) is 1. The standard InChI is InChI=1S/C11H9BrClFN2O3S/c12-6-1-5(14)2-7(13)9(6)15-11(19)16-4-20-3-8(16)10(17)18/h1-2,8H,3-4H2,(H,15,19)(H,17,18)/t8-/m0/s1. The number of rotatable bonds is 2. The second-order valence-corrected chi connectivity index (χ2v) is 6.26. The zero-order chi connectivity index (χ0) is 14.9. The normalized spacial score (nSPS) is 18.1. The van der Waals surface area contributed by atoms with Crippen LogP contribution in [0.15, 0.2) is 16.6 Å². The monoisotopic (exact) mass is 382 g/mol. The van der Waals surface area contributed by atoms with E-state index in [9.17, 15) is 14.0 Å². The lowest BCUT2D eigenvalue weighted by Crippen LogP contribution is -2.44. The highest BCUT2D eigenvalue weighted by atomic mass is 79.9. The first-order valence-corrected chi connectivity index (χ1v) is 7.75. The summed E-state index contributed by atoms with van der Waals surface area (Å²) in [7, 11) is 0. The third-order valence-electron chi connectivity index (χ3n) is 2.67. The number of benzene rings is 1. The summed E-state index contributed by atoms with van der Waals surface area (Å²) in [5.41, 5.74) is 0.208. The molecule has 2 rings (SSSR count). The number of amides is 2. The number of urea groups is 1. The minimum Gasteiger partial charge on any atom is -0.480 e. The molecular weight excluding hydrogens is 375 g/mol. The van der Waals surface area contributed by atoms with Crippen LogP contribution in [0.2, 0.25) is 5.02 Å². The van der Waals surface area contributed by atoms with Gasteiger partial charge in [0.2, 0.25) is 0 Å². The van der Waals surface area contributed by atoms with Crippen molar-refractivity contribution in [3.8, 4) is 0 Å². The number of hydrogen-bond donors (Lipinski definition) is 2. The molecule has 5 nitrogen and oxygen atoms in total. The molecule has 2 amide bonds. The molecule has 1 saturated heterocycles. The number of nitrogens with one attached hydrogen (secondary N) is 1. The Morgan fingerprint density at radius 2 is 2.25 bits per heavy atom. The molecule has 1 aromatic rings. The highest BCUT2D eigenvalue weighted by Gasteiger charge is 2.35. The lowest BCUT2D eigenvalue weighted by molar-refractivity contribution is -0.140. The predicted molar refractivity (Wildman–Crippen MR) is 78.7 cm³/mol. The molecule has 20 heavy (non-hydrogen) atoms. The molecule has 0 saturated carbocycles. The van der Waals surface area contributed by atoms with E-state index in [4.69, 9.17) is 16.7 Å². The van der Waals surface area contributed by atoms with Crippen molar-refractivity contribution in [2.45, 2.75) is 6.04 Å². The van der Waals surface area contributed by atoms with Gasteiger partial charge in [-0.3, -0.25) is 0 Å². The molecule has 0 radical (unpaired) electrons. The van der Waals surface area contributed by atoms with Crippen molar-refractivity contribution in [3.05, 3.63) is 27.4 Å². The summed E-state index contributed by atoms with van der Waals surface area (Å²) >= 11 is 10.3. The van der Waals surface area contributed by atoms with Crippen molar-refractivity contribution in [1.29, 1.82) is 0 Å². The van der Waals surface area contributed by atoms with E-state index in [0.29, 0.717) is 5.75 Å². The summed E-state index contributed by atoms with van der Waals surface area (Å²) in [4.78, 5) is 24.3. The maximum atomic E-state index is 13.1. The van der Waals surface area contributed by atoms with Crippen LogP contribution in [-0.2, 0) is 4.79 Å². The number of hydrogen-bond acceptors (Lipinski definition) is 3. The number of halogens is 3. The van der Waals surface area contributed by atoms with Crippen LogP contribution in [0.1, 0.15) is 0 Å². The van der Waals surface area contributed by atoms with Crippen LogP contribution in [0.3, 0.4) is 0 Å². The first-order valence-electron chi connectivity index (χ1n) is 5.43. The largest absolute Gasteiger partial charge is 0.480 e. The first kappa shape index (κ1) is 15.4. The summed E-state index contributed by atoms with van der Waals surface area (Å²) in [5, 5.41) is 11.6. The molecular formula is C11H9BrClFN2O3S. The Balaban J connectivity index is 2.18. The second kappa shape index (κ2) is 6.19. The number of thioether (sulfide) groups is 1. The molecule has 1 heterocycles. The Hall–Kier alpha value is -0.990. The molecule has 0 unspecified atom stereocenters. The Kier molecular flexibility index (Phi) is 4.77. The van der Waals surface area contributed by atoms with E-state index in [0.717, 1.165) is 12.1 Å². The highest BCUT2D eigenvalue weighted by molar-refractivity contribution is 9.10. The fourth-order valence-electron chi connectivity index (χ4n) is 1.69. The fraction of sp³-hybridized carbons (Fsp3) is 0.273. The minimum atomic E-state index is -1.06. The third kappa shape index (κ3) is 3.18. The zero-order valence-electron chi connectivity index (χ0n) is 9.90. The summed E-state index contributed by atoms with van der Waals surface area (Å²) < 4.78 is 13.4. The van der Waals surface area contributed by atoms with Crippen molar-refractivity contribution < 1.29 is 19.1 Å². The summed E-state index contributed by atoms with van der Waals surface area (Å²) in [6.07, 6.45) is 0. The molecule has 1 fully saturated rings. The molecule has 1 atom stereocenters. The maximum absolute atomic E-state index is 13.1. The van der Waals surface area contributed by atoms with Gasteiger partial charge in [-0.25, -0.2) is 14.0 Å². The van der Waals surface area contributed by atoms with Gasteiger partial charge in [-0.2, -0.15) is 0 Å². The first-order chi connectivity index (χ1) is 9.40. The molecule has 2 N–H and O–H groups in total. The van der Waals surface area contributed by atoms with E-state index >= 15 is 0 Å². The lowest BCUT2D eigenvalue weighted by Gasteiger charge is -2.21. The fourth-order valence-corrected chi connectivity index (χ4v) is 3.73. The number of carboxylic acids is 1. The van der Waals surface area contributed by atoms with Gasteiger partial charge in [0.1, 0.15) is 11.9 Å². The van der Waals surface area contributed by atoms with Crippen LogP contribution in [0, 0.1) is 5.82 Å². The lowest BCUT2D eigenvalue weighted by atomic mass is 10.3. The summed E-state index contributed by atoms with van der Waals surface area (Å²) in [6.45, 7) is 0. The van der Waals surface area contributed by atoms with Gasteiger partial charge in [-0.05, 0) is 28.1 Å². The van der Waals surface area contributed by atoms with Gasteiger partial charge in [-0.15, -0.1) is 11.8 Å². The molecule has 9 heteroatoms. The molecule has 0 aromatic heterocycles. The predicted octanol–water partition coefficient (Wildman–Crippen LogP) is 3.23. The van der Waals surface area contributed by atoms with E-state index < -0.39 is 23.9 Å². The smallest absolute Gasteiger partial charge is 0.327 e. The SMILES string of the molecule is O=C(O)[C@@H]1CSCN1C(=O)Nc1c(Cl)cc(F)cc1Br. The van der Waals surface area contributed by atoms with Crippen molar-refractivity contribution >= 4 is 57.0 Å². The minimum absolute atomic E-state index is 0.0314. The molecule has 1 aliphatic rings. The Morgan fingerprint density at radius 1 is 1.55 bits per heavy atom. The van der Waals surface area contributed by atoms with Crippen molar-refractivity contribution in [3.63, 3.8) is 0 Å². The van der Waals surface area contributed by atoms with Gasteiger partial charge in [0, 0.05) is 10.2 Å². The van der Waals surface area contributed by atoms with Gasteiger partial charge in [0.25, 0.3) is 0 Å². The van der Waals surface area contributed by atoms with Crippen LogP contribution >= 0.6 is 39.3 Å². The van der Waals surface area contributed by atoms with Crippen molar-refractivity contribution in [1.82, 2.24) is 4.90 Å². The topological polar surface area (TPSA) is 69.6 Å². The molecule has 108 valence electrons.